The van der Waals surface area contributed by atoms with E-state index in [0.717, 1.165) is 81.9 Å². The number of Topliss-reactive ketones (excluding diaryl/α,β-unsaturated/α-hetero) is 4. The molecule has 0 spiro atoms. The predicted molar refractivity (Wildman–Crippen MR) is 260 cm³/mol. The van der Waals surface area contributed by atoms with Crippen LogP contribution in [0.3, 0.4) is 0 Å². The first-order valence-corrected chi connectivity index (χ1v) is 24.3. The van der Waals surface area contributed by atoms with Crippen molar-refractivity contribution in [2.45, 2.75) is 119 Å². The molecule has 2 aromatic rings. The Labute approximate surface area is 403 Å². The molecule has 2 heterocycles. The maximum Gasteiger partial charge on any atom is 0.162 e. The minimum absolute atomic E-state index is 0.0965. The molecule has 0 saturated heterocycles. The highest BCUT2D eigenvalue weighted by Crippen LogP contribution is 2.56. The van der Waals surface area contributed by atoms with Gasteiger partial charge in [-0.2, -0.15) is 0 Å². The monoisotopic (exact) mass is 933 g/mol. The fourth-order valence-electron chi connectivity index (χ4n) is 11.7. The average molecular weight is 933 g/mol. The van der Waals surface area contributed by atoms with Crippen molar-refractivity contribution in [1.29, 1.82) is 0 Å². The Hall–Kier alpha value is -5.20. The summed E-state index contributed by atoms with van der Waals surface area (Å²) in [7, 11) is 7.23. The van der Waals surface area contributed by atoms with Gasteiger partial charge in [-0.3, -0.25) is 19.2 Å². The first-order valence-electron chi connectivity index (χ1n) is 24.3. The second-order valence-corrected chi connectivity index (χ2v) is 22.9. The lowest BCUT2D eigenvalue weighted by molar-refractivity contribution is -0.121. The molecule has 68 heavy (non-hydrogen) atoms. The molecule has 0 fully saturated rings. The summed E-state index contributed by atoms with van der Waals surface area (Å²) in [6, 6.07) is 11.5. The SMILES string of the molecule is COc1cc(C2C3=C(CC(C)(C)CC3=O)N(C)C3=C2C(=O)CC(C)(C)C3)ccc1OCCOCCOCCOc1ccc(C2C3=C(CC(C)(C)CC3=O)N(C)C3=C2C(=O)CC(C)(C)C3)cc1OC. The molecule has 8 rings (SSSR count). The molecule has 6 aliphatic rings. The summed E-state index contributed by atoms with van der Waals surface area (Å²) in [6.45, 7) is 19.0. The van der Waals surface area contributed by atoms with Crippen LogP contribution in [0.4, 0.5) is 0 Å². The first-order chi connectivity index (χ1) is 32.0. The standard InChI is InChI=1S/C56H72N2O10/c1-53(2)25-35-49(39(59)29-53)47(50-36(57(35)9)26-54(3,4)30-40(50)60)33-13-15-43(45(23-33)63-11)67-21-19-65-17-18-66-20-22-68-44-16-14-34(24-46(44)64-12)48-51-37(27-55(5,6)31-41(51)61)58(10)38-28-56(7,8)32-42(62)52(38)48/h13-16,23-24,47-48H,17-22,25-32H2,1-12H3. The lowest BCUT2D eigenvalue weighted by Gasteiger charge is -2.48. The minimum atomic E-state index is -0.454. The van der Waals surface area contributed by atoms with Gasteiger partial charge in [-0.15, -0.1) is 0 Å². The normalized spacial score (nSPS) is 22.3. The maximum absolute atomic E-state index is 13.9. The molecule has 2 aromatic carbocycles. The molecule has 0 aromatic heterocycles. The summed E-state index contributed by atoms with van der Waals surface area (Å²) in [6.07, 6.45) is 4.80. The van der Waals surface area contributed by atoms with Crippen molar-refractivity contribution >= 4 is 23.1 Å². The quantitative estimate of drug-likeness (QED) is 0.158. The molecule has 12 nitrogen and oxygen atoms in total. The summed E-state index contributed by atoms with van der Waals surface area (Å²) in [5.41, 5.74) is 8.00. The molecule has 4 aliphatic carbocycles. The van der Waals surface area contributed by atoms with E-state index in [1.165, 1.54) is 0 Å². The number of ether oxygens (including phenoxy) is 6. The summed E-state index contributed by atoms with van der Waals surface area (Å²) >= 11 is 0. The Morgan fingerprint density at radius 3 is 0.985 bits per heavy atom. The van der Waals surface area contributed by atoms with Crippen molar-refractivity contribution in [1.82, 2.24) is 9.80 Å². The summed E-state index contributed by atoms with van der Waals surface area (Å²) in [5.74, 6) is 1.63. The molecule has 0 N–H and O–H groups in total. The largest absolute Gasteiger partial charge is 0.493 e. The van der Waals surface area contributed by atoms with Gasteiger partial charge in [0.2, 0.25) is 0 Å². The van der Waals surface area contributed by atoms with Crippen molar-refractivity contribution in [2.75, 3.05) is 68.0 Å². The third-order valence-corrected chi connectivity index (χ3v) is 14.7. The van der Waals surface area contributed by atoms with Crippen LogP contribution in [-0.4, -0.2) is 101 Å². The highest BCUT2D eigenvalue weighted by Gasteiger charge is 2.50. The van der Waals surface area contributed by atoms with Gasteiger partial charge in [-0.25, -0.2) is 0 Å². The lowest BCUT2D eigenvalue weighted by atomic mass is 9.63. The van der Waals surface area contributed by atoms with E-state index in [1.807, 2.05) is 50.5 Å². The van der Waals surface area contributed by atoms with E-state index in [1.54, 1.807) is 14.2 Å². The molecule has 2 aliphatic heterocycles. The zero-order valence-corrected chi connectivity index (χ0v) is 42.5. The van der Waals surface area contributed by atoms with Gasteiger partial charge in [-0.1, -0.05) is 67.5 Å². The van der Waals surface area contributed by atoms with Gasteiger partial charge >= 0.3 is 0 Å². The Morgan fingerprint density at radius 2 is 0.706 bits per heavy atom. The number of carbonyl (C=O) groups is 4. The minimum Gasteiger partial charge on any atom is -0.493 e. The van der Waals surface area contributed by atoms with Gasteiger partial charge in [0.1, 0.15) is 13.2 Å². The van der Waals surface area contributed by atoms with E-state index < -0.39 is 11.8 Å². The molecule has 12 heteroatoms. The van der Waals surface area contributed by atoms with E-state index in [4.69, 9.17) is 28.4 Å². The van der Waals surface area contributed by atoms with Gasteiger partial charge in [0.25, 0.3) is 0 Å². The van der Waals surface area contributed by atoms with Gasteiger partial charge in [0.05, 0.1) is 40.6 Å². The fraction of sp³-hybridized carbons (Fsp3) is 0.571. The van der Waals surface area contributed by atoms with Gasteiger partial charge in [0, 0.05) is 96.7 Å². The molecule has 0 radical (unpaired) electrons. The van der Waals surface area contributed by atoms with E-state index in [-0.39, 0.29) is 58.0 Å². The van der Waals surface area contributed by atoms with Crippen LogP contribution in [0.15, 0.2) is 81.5 Å². The third kappa shape index (κ3) is 9.69. The van der Waals surface area contributed by atoms with Crippen molar-refractivity contribution in [3.05, 3.63) is 92.6 Å². The second-order valence-electron chi connectivity index (χ2n) is 22.9. The number of ketones is 4. The Kier molecular flexibility index (Phi) is 13.5. The molecule has 0 amide bonds. The highest BCUT2D eigenvalue weighted by atomic mass is 16.6. The maximum atomic E-state index is 13.9. The summed E-state index contributed by atoms with van der Waals surface area (Å²) < 4.78 is 35.5. The predicted octanol–water partition coefficient (Wildman–Crippen LogP) is 9.83. The second kappa shape index (κ2) is 18.6. The smallest absolute Gasteiger partial charge is 0.162 e. The van der Waals surface area contributed by atoms with Crippen LogP contribution in [0.1, 0.15) is 130 Å². The first kappa shape index (κ1) is 49.2. The van der Waals surface area contributed by atoms with E-state index >= 15 is 0 Å². The van der Waals surface area contributed by atoms with Crippen molar-refractivity contribution in [3.8, 4) is 23.0 Å². The Bertz CT molecular complexity index is 2250. The van der Waals surface area contributed by atoms with Crippen LogP contribution in [-0.2, 0) is 28.7 Å². The van der Waals surface area contributed by atoms with Crippen molar-refractivity contribution in [3.63, 3.8) is 0 Å². The number of carbonyl (C=O) groups excluding carboxylic acids is 4. The van der Waals surface area contributed by atoms with Crippen LogP contribution in [0.25, 0.3) is 0 Å². The Balaban J connectivity index is 0.845. The van der Waals surface area contributed by atoms with E-state index in [0.29, 0.717) is 75.1 Å². The Morgan fingerprint density at radius 1 is 0.426 bits per heavy atom. The summed E-state index contributed by atoms with van der Waals surface area (Å²) in [5, 5.41) is 0. The molecule has 366 valence electrons. The molecule has 0 saturated carbocycles. The van der Waals surface area contributed by atoms with Crippen molar-refractivity contribution < 1.29 is 47.6 Å². The zero-order chi connectivity index (χ0) is 49.1. The number of allylic oxidation sites excluding steroid dienone is 8. The van der Waals surface area contributed by atoms with Gasteiger partial charge in [-0.05, 0) is 82.7 Å². The molecular weight excluding hydrogens is 861 g/mol. The van der Waals surface area contributed by atoms with E-state index in [9.17, 15) is 19.2 Å². The summed E-state index contributed by atoms with van der Waals surface area (Å²) in [4.78, 5) is 60.0. The van der Waals surface area contributed by atoms with Gasteiger partial charge in [0.15, 0.2) is 46.1 Å². The number of methoxy groups -OCH3 is 2. The van der Waals surface area contributed by atoms with Crippen molar-refractivity contribution in [2.24, 2.45) is 21.7 Å². The number of nitrogens with zero attached hydrogens (tertiary/aromatic N) is 2. The number of rotatable bonds is 15. The highest BCUT2D eigenvalue weighted by molar-refractivity contribution is 6.08. The number of hydrogen-bond acceptors (Lipinski definition) is 12. The topological polar surface area (TPSA) is 130 Å². The van der Waals surface area contributed by atoms with Crippen LogP contribution in [0.5, 0.6) is 23.0 Å². The lowest BCUT2D eigenvalue weighted by Crippen LogP contribution is -2.43. The number of benzene rings is 2. The van der Waals surface area contributed by atoms with E-state index in [2.05, 4.69) is 65.2 Å². The average Bonchev–Trinajstić information content (AvgIpc) is 3.24. The van der Waals surface area contributed by atoms with Crippen LogP contribution < -0.4 is 18.9 Å². The molecule has 0 bridgehead atoms. The molecule has 0 unspecified atom stereocenters. The third-order valence-electron chi connectivity index (χ3n) is 14.7. The van der Waals surface area contributed by atoms with Crippen LogP contribution in [0.2, 0.25) is 0 Å². The van der Waals surface area contributed by atoms with Gasteiger partial charge < -0.3 is 38.2 Å². The zero-order valence-electron chi connectivity index (χ0n) is 42.5. The molecule has 0 atom stereocenters. The van der Waals surface area contributed by atoms with Crippen LogP contribution in [0, 0.1) is 21.7 Å². The van der Waals surface area contributed by atoms with Crippen LogP contribution >= 0.6 is 0 Å². The fourth-order valence-corrected chi connectivity index (χ4v) is 11.7. The number of hydrogen-bond donors (Lipinski definition) is 0. The molecular formula is C56H72N2O10.